The fourth-order valence-electron chi connectivity index (χ4n) is 10.5. The van der Waals surface area contributed by atoms with Gasteiger partial charge in [-0.1, -0.05) is 170 Å². The predicted octanol–water partition coefficient (Wildman–Crippen LogP) is 9.66. The molecule has 0 radical (unpaired) electrons. The summed E-state index contributed by atoms with van der Waals surface area (Å²) in [6.45, 7) is 13.4. The summed E-state index contributed by atoms with van der Waals surface area (Å²) in [5, 5.41) is 17.8. The van der Waals surface area contributed by atoms with Crippen LogP contribution in [0.1, 0.15) is 114 Å². The van der Waals surface area contributed by atoms with Gasteiger partial charge in [0.1, 0.15) is 55.6 Å². The van der Waals surface area contributed by atoms with E-state index < -0.39 is 108 Å². The first kappa shape index (κ1) is 70.6. The molecule has 0 spiro atoms. The van der Waals surface area contributed by atoms with Gasteiger partial charge in [-0.25, -0.2) is 14.4 Å². The topological polar surface area (TPSA) is 265 Å². The Morgan fingerprint density at radius 2 is 1.01 bits per heavy atom. The minimum Gasteiger partial charge on any atom is -0.459 e. The van der Waals surface area contributed by atoms with Crippen molar-refractivity contribution in [2.24, 2.45) is 0 Å². The maximum atomic E-state index is 15.7. The number of amides is 7. The first-order chi connectivity index (χ1) is 44.5. The number of carbonyl (C=O) groups excluding carboxylic acids is 8. The Balaban J connectivity index is 1.19. The van der Waals surface area contributed by atoms with Crippen molar-refractivity contribution in [3.05, 3.63) is 216 Å². The largest absolute Gasteiger partial charge is 0.459 e. The van der Waals surface area contributed by atoms with Gasteiger partial charge in [-0.05, 0) is 114 Å². The van der Waals surface area contributed by atoms with Crippen LogP contribution in [-0.4, -0.2) is 118 Å². The van der Waals surface area contributed by atoms with Gasteiger partial charge in [-0.3, -0.25) is 24.0 Å². The smallest absolute Gasteiger partial charge is 0.408 e. The maximum absolute atomic E-state index is 15.7. The summed E-state index contributed by atoms with van der Waals surface area (Å²) < 4.78 is 23.2. The molecule has 1 aromatic heterocycles. The van der Waals surface area contributed by atoms with Gasteiger partial charge in [0.15, 0.2) is 0 Å². The van der Waals surface area contributed by atoms with Gasteiger partial charge in [0.05, 0.1) is 17.7 Å². The normalized spacial score (nSPS) is 13.7. The van der Waals surface area contributed by atoms with Gasteiger partial charge < -0.3 is 60.7 Å². The number of benzene rings is 6. The lowest BCUT2D eigenvalue weighted by Crippen LogP contribution is -2.62. The zero-order valence-corrected chi connectivity index (χ0v) is 54.3. The third-order valence-electron chi connectivity index (χ3n) is 15.1. The summed E-state index contributed by atoms with van der Waals surface area (Å²) in [6, 6.07) is 45.3. The quantitative estimate of drug-likeness (QED) is 0.0122. The number of hydrogen-bond donors (Lipinski definition) is 7. The van der Waals surface area contributed by atoms with E-state index in [9.17, 15) is 24.0 Å². The highest BCUT2D eigenvalue weighted by Gasteiger charge is 2.39. The zero-order chi connectivity index (χ0) is 66.9. The molecule has 20 heteroatoms. The van der Waals surface area contributed by atoms with Crippen LogP contribution in [0.2, 0.25) is 0 Å². The van der Waals surface area contributed by atoms with E-state index in [0.717, 1.165) is 22.0 Å². The molecule has 7 atom stereocenters. The van der Waals surface area contributed by atoms with Crippen LogP contribution in [-0.2, 0) is 80.2 Å². The van der Waals surface area contributed by atoms with Crippen LogP contribution in [0, 0.1) is 0 Å². The second-order valence-electron chi connectivity index (χ2n) is 24.9. The minimum atomic E-state index is -1.53. The highest BCUT2D eigenvalue weighted by atomic mass is 16.6. The van der Waals surface area contributed by atoms with Crippen molar-refractivity contribution >= 4 is 58.6 Å². The summed E-state index contributed by atoms with van der Waals surface area (Å²) in [5.74, 6) is -4.41. The monoisotopic (exact) mass is 1270 g/mol. The number of carbonyl (C=O) groups is 8. The van der Waals surface area contributed by atoms with Gasteiger partial charge in [0.2, 0.25) is 29.5 Å². The summed E-state index contributed by atoms with van der Waals surface area (Å²) in [5.41, 5.74) is 3.39. The molecule has 492 valence electrons. The van der Waals surface area contributed by atoms with Crippen LogP contribution in [0.5, 0.6) is 0 Å². The van der Waals surface area contributed by atoms with Gasteiger partial charge >= 0.3 is 18.2 Å². The number of hydrogen-bond acceptors (Lipinski definition) is 12. The van der Waals surface area contributed by atoms with Gasteiger partial charge in [-0.2, -0.15) is 0 Å². The number of unbranched alkanes of at least 4 members (excludes halogenated alkanes) is 1. The average Bonchev–Trinajstić information content (AvgIpc) is 1.83. The van der Waals surface area contributed by atoms with E-state index >= 15 is 14.4 Å². The Morgan fingerprint density at radius 1 is 0.495 bits per heavy atom. The van der Waals surface area contributed by atoms with Crippen LogP contribution >= 0.6 is 0 Å². The Morgan fingerprint density at radius 3 is 1.59 bits per heavy atom. The van der Waals surface area contributed by atoms with Crippen molar-refractivity contribution < 1.29 is 57.3 Å². The van der Waals surface area contributed by atoms with Gasteiger partial charge in [-0.15, -0.1) is 0 Å². The van der Waals surface area contributed by atoms with Crippen molar-refractivity contribution in [3.63, 3.8) is 0 Å². The molecule has 0 bridgehead atoms. The number of esters is 1. The summed E-state index contributed by atoms with van der Waals surface area (Å²) in [6.07, 6.45) is -0.304. The standard InChI is InChI=1S/C73H88N8O12/c1-49(55-36-22-13-23-37-55)81(46-63(82)76-62(43-52-30-16-10-17-31-52)69(87)90-47-53-32-18-11-19-33-53)68(86)61(42-51-28-14-9-15-29-51)78-67(85)64(50(2)92-72(3,4)5)80-65(83)59(40-26-27-41-74-70(88)93-73(6,7)8)77-66(84)60(44-56-45-75-58-39-25-24-38-57(56)58)79-71(89)91-48-54-34-20-12-21-35-54/h9-25,28-39,45,49-50,59-62,64,75H,26-27,40-44,46-48H2,1-8H3,(H,74,88)(H,76,82)(H,77,84)(H,78,85)(H,79,89)(H,80,83)/t49-,50+,59-,60+,61-,62-,64-/m0/s1. The molecule has 93 heavy (non-hydrogen) atoms. The van der Waals surface area contributed by atoms with E-state index in [4.69, 9.17) is 18.9 Å². The molecule has 0 aliphatic heterocycles. The molecular formula is C73H88N8O12. The molecule has 0 aliphatic carbocycles. The van der Waals surface area contributed by atoms with Crippen LogP contribution in [0.25, 0.3) is 10.9 Å². The fraction of sp³-hybridized carbons (Fsp3) is 0.370. The highest BCUT2D eigenvalue weighted by molar-refractivity contribution is 5.97. The molecule has 0 saturated carbocycles. The number of H-pyrrole nitrogens is 1. The second-order valence-corrected chi connectivity index (χ2v) is 24.9. The summed E-state index contributed by atoms with van der Waals surface area (Å²) in [7, 11) is 0. The average molecular weight is 1270 g/mol. The number of nitrogens with one attached hydrogen (secondary N) is 7. The second kappa shape index (κ2) is 34.6. The SMILES string of the molecule is C[C@@H](OC(C)(C)C)[C@H](NC(=O)[C@H](CCCCNC(=O)OC(C)(C)C)NC(=O)[C@@H](Cc1c[nH]c2ccccc12)NC(=O)OCc1ccccc1)C(=O)N[C@@H](Cc1ccccc1)C(=O)N(CC(=O)N[C@@H](Cc1ccccc1)C(=O)OCc1ccccc1)[C@@H](C)c1ccccc1. The molecule has 6 aromatic carbocycles. The number of rotatable bonds is 31. The highest BCUT2D eigenvalue weighted by Crippen LogP contribution is 2.24. The van der Waals surface area contributed by atoms with Crippen molar-refractivity contribution in [2.45, 2.75) is 161 Å². The first-order valence-corrected chi connectivity index (χ1v) is 31.5. The van der Waals surface area contributed by atoms with Crippen molar-refractivity contribution in [2.75, 3.05) is 13.1 Å². The third-order valence-corrected chi connectivity index (χ3v) is 15.1. The molecule has 7 rings (SSSR count). The number of alkyl carbamates (subject to hydrolysis) is 2. The van der Waals surface area contributed by atoms with Crippen LogP contribution in [0.4, 0.5) is 9.59 Å². The number of aromatic amines is 1. The van der Waals surface area contributed by atoms with E-state index in [1.165, 1.54) is 4.90 Å². The lowest BCUT2D eigenvalue weighted by atomic mass is 10.0. The van der Waals surface area contributed by atoms with Crippen LogP contribution in [0.15, 0.2) is 182 Å². The molecule has 7 amide bonds. The molecule has 1 heterocycles. The fourth-order valence-corrected chi connectivity index (χ4v) is 10.5. The van der Waals surface area contributed by atoms with Gasteiger partial charge in [0, 0.05) is 42.9 Å². The number of ether oxygens (including phenoxy) is 4. The number of aromatic nitrogens is 1. The molecule has 0 fully saturated rings. The summed E-state index contributed by atoms with van der Waals surface area (Å²) >= 11 is 0. The lowest BCUT2D eigenvalue weighted by Gasteiger charge is -2.35. The zero-order valence-electron chi connectivity index (χ0n) is 54.3. The number of para-hydroxylation sites is 1. The molecule has 7 aromatic rings. The minimum absolute atomic E-state index is 0.0187. The number of nitrogens with zero attached hydrogens (tertiary/aromatic N) is 1. The Hall–Kier alpha value is -9.82. The van der Waals surface area contributed by atoms with Crippen LogP contribution in [0.3, 0.4) is 0 Å². The van der Waals surface area contributed by atoms with Crippen molar-refractivity contribution in [1.29, 1.82) is 0 Å². The van der Waals surface area contributed by atoms with E-state index in [-0.39, 0.29) is 51.9 Å². The van der Waals surface area contributed by atoms with E-state index in [1.54, 1.807) is 122 Å². The summed E-state index contributed by atoms with van der Waals surface area (Å²) in [4.78, 5) is 121. The van der Waals surface area contributed by atoms with E-state index in [1.807, 2.05) is 115 Å². The molecule has 0 saturated heterocycles. The maximum Gasteiger partial charge on any atom is 0.408 e. The Bertz CT molecular complexity index is 3540. The molecule has 20 nitrogen and oxygen atoms in total. The van der Waals surface area contributed by atoms with Crippen LogP contribution < -0.4 is 31.9 Å². The molecule has 0 unspecified atom stereocenters. The van der Waals surface area contributed by atoms with Crippen molar-refractivity contribution in [3.8, 4) is 0 Å². The first-order valence-electron chi connectivity index (χ1n) is 31.5. The third kappa shape index (κ3) is 23.4. The van der Waals surface area contributed by atoms with E-state index in [2.05, 4.69) is 36.9 Å². The Kier molecular flexibility index (Phi) is 26.2. The molecule has 7 N–H and O–H groups in total. The molecule has 0 aliphatic rings. The lowest BCUT2D eigenvalue weighted by molar-refractivity contribution is -0.150. The Labute approximate surface area is 544 Å². The van der Waals surface area contributed by atoms with Crippen molar-refractivity contribution in [1.82, 2.24) is 41.8 Å². The number of fused-ring (bicyclic) bond motifs is 1. The van der Waals surface area contributed by atoms with E-state index in [0.29, 0.717) is 28.7 Å². The predicted molar refractivity (Wildman–Crippen MR) is 355 cm³/mol. The van der Waals surface area contributed by atoms with Gasteiger partial charge in [0.25, 0.3) is 0 Å². The molecular weight excluding hydrogens is 1180 g/mol.